The first-order valence-electron chi connectivity index (χ1n) is 13.0. The summed E-state index contributed by atoms with van der Waals surface area (Å²) in [4.78, 5) is 21.9. The fourth-order valence-corrected chi connectivity index (χ4v) is 5.41. The van der Waals surface area contributed by atoms with Crippen molar-refractivity contribution in [1.82, 2.24) is 15.3 Å². The van der Waals surface area contributed by atoms with E-state index in [-0.39, 0.29) is 45.3 Å². The molecule has 3 aromatic carbocycles. The molecule has 0 saturated carbocycles. The quantitative estimate of drug-likeness (QED) is 0.237. The minimum atomic E-state index is -3.75. The monoisotopic (exact) mass is 602 g/mol. The summed E-state index contributed by atoms with van der Waals surface area (Å²) in [5.74, 6) is -1.17. The van der Waals surface area contributed by atoms with Gasteiger partial charge in [0.25, 0.3) is 5.91 Å². The number of furan rings is 1. The zero-order valence-electron chi connectivity index (χ0n) is 23.4. The zero-order chi connectivity index (χ0) is 30.6. The number of aromatic nitrogens is 2. The number of aryl methyl sites for hydroxylation is 1. The van der Waals surface area contributed by atoms with E-state index >= 15 is 0 Å². The molecule has 0 unspecified atom stereocenters. The Kier molecular flexibility index (Phi) is 6.73. The predicted octanol–water partition coefficient (Wildman–Crippen LogP) is 6.31. The van der Waals surface area contributed by atoms with Crippen LogP contribution in [0.3, 0.4) is 0 Å². The summed E-state index contributed by atoms with van der Waals surface area (Å²) in [5, 5.41) is 3.02. The van der Waals surface area contributed by atoms with Crippen LogP contribution in [0.5, 0.6) is 0 Å². The smallest absolute Gasteiger partial charge is 0.255 e. The third kappa shape index (κ3) is 4.89. The molecule has 0 atom stereocenters. The van der Waals surface area contributed by atoms with E-state index in [0.717, 1.165) is 10.6 Å². The number of rotatable bonds is 6. The van der Waals surface area contributed by atoms with E-state index in [1.807, 2.05) is 0 Å². The SMILES string of the molecule is CNC(=O)c1c(-c2ccc(F)cc2)oc2cc(N(C)S(C)(=O)=O)c(-c3cc(-c4nc5c(F)cccc5o4)ncc3C)cc12. The largest absolute Gasteiger partial charge is 0.455 e. The van der Waals surface area contributed by atoms with Crippen LogP contribution in [0.25, 0.3) is 56.1 Å². The molecule has 6 aromatic rings. The van der Waals surface area contributed by atoms with Gasteiger partial charge in [-0.25, -0.2) is 22.2 Å². The third-order valence-corrected chi connectivity index (χ3v) is 8.38. The van der Waals surface area contributed by atoms with Crippen LogP contribution in [0, 0.1) is 18.6 Å². The fourth-order valence-electron chi connectivity index (χ4n) is 4.90. The number of hydrogen-bond donors (Lipinski definition) is 1. The molecule has 0 aliphatic heterocycles. The van der Waals surface area contributed by atoms with Crippen molar-refractivity contribution < 1.29 is 30.8 Å². The van der Waals surface area contributed by atoms with E-state index in [4.69, 9.17) is 8.83 Å². The van der Waals surface area contributed by atoms with Crippen LogP contribution in [-0.4, -0.2) is 44.6 Å². The summed E-state index contributed by atoms with van der Waals surface area (Å²) >= 11 is 0. The van der Waals surface area contributed by atoms with Gasteiger partial charge in [0.2, 0.25) is 15.9 Å². The van der Waals surface area contributed by atoms with E-state index in [1.165, 1.54) is 50.5 Å². The first kappa shape index (κ1) is 28.0. The molecule has 3 aromatic heterocycles. The molecule has 6 rings (SSSR count). The lowest BCUT2D eigenvalue weighted by Crippen LogP contribution is -2.25. The molecule has 1 amide bonds. The maximum absolute atomic E-state index is 14.3. The van der Waals surface area contributed by atoms with E-state index in [0.29, 0.717) is 27.6 Å². The first-order valence-corrected chi connectivity index (χ1v) is 14.9. The van der Waals surface area contributed by atoms with Gasteiger partial charge >= 0.3 is 0 Å². The third-order valence-electron chi connectivity index (χ3n) is 7.19. The zero-order valence-corrected chi connectivity index (χ0v) is 24.2. The average Bonchev–Trinajstić information content (AvgIpc) is 3.58. The Labute approximate surface area is 244 Å². The molecule has 3 heterocycles. The summed E-state index contributed by atoms with van der Waals surface area (Å²) in [5.41, 5.74) is 3.44. The molecule has 0 spiro atoms. The number of nitrogens with zero attached hydrogens (tertiary/aromatic N) is 3. The van der Waals surface area contributed by atoms with Crippen molar-refractivity contribution in [2.24, 2.45) is 0 Å². The molecule has 9 nitrogen and oxygen atoms in total. The highest BCUT2D eigenvalue weighted by molar-refractivity contribution is 7.92. The Balaban J connectivity index is 1.64. The van der Waals surface area contributed by atoms with Gasteiger partial charge < -0.3 is 14.2 Å². The van der Waals surface area contributed by atoms with Crippen molar-refractivity contribution in [1.29, 1.82) is 0 Å². The van der Waals surface area contributed by atoms with Gasteiger partial charge in [0.15, 0.2) is 11.4 Å². The minimum absolute atomic E-state index is 0.0577. The van der Waals surface area contributed by atoms with Gasteiger partial charge in [-0.3, -0.25) is 14.1 Å². The van der Waals surface area contributed by atoms with Crippen molar-refractivity contribution in [2.45, 2.75) is 6.92 Å². The summed E-state index contributed by atoms with van der Waals surface area (Å²) in [6, 6.07) is 14.8. The second kappa shape index (κ2) is 10.3. The lowest BCUT2D eigenvalue weighted by molar-refractivity contribution is 0.0964. The van der Waals surface area contributed by atoms with Crippen LogP contribution in [0.15, 0.2) is 75.7 Å². The number of halogens is 2. The summed E-state index contributed by atoms with van der Waals surface area (Å²) in [7, 11) is -0.867. The molecular weight excluding hydrogens is 578 g/mol. The molecule has 1 N–H and O–H groups in total. The van der Waals surface area contributed by atoms with Crippen molar-refractivity contribution in [3.8, 4) is 34.0 Å². The van der Waals surface area contributed by atoms with Crippen LogP contribution < -0.4 is 9.62 Å². The second-order valence-electron chi connectivity index (χ2n) is 9.98. The molecule has 43 heavy (non-hydrogen) atoms. The van der Waals surface area contributed by atoms with Gasteiger partial charge in [-0.1, -0.05) is 6.07 Å². The Morgan fingerprint density at radius 2 is 1.72 bits per heavy atom. The van der Waals surface area contributed by atoms with Crippen molar-refractivity contribution in [3.63, 3.8) is 0 Å². The fraction of sp³-hybridized carbons (Fsp3) is 0.129. The summed E-state index contributed by atoms with van der Waals surface area (Å²) in [6.45, 7) is 1.80. The average molecular weight is 603 g/mol. The highest BCUT2D eigenvalue weighted by Gasteiger charge is 2.27. The van der Waals surface area contributed by atoms with Gasteiger partial charge in [0.1, 0.15) is 28.4 Å². The maximum Gasteiger partial charge on any atom is 0.255 e. The van der Waals surface area contributed by atoms with E-state index in [2.05, 4.69) is 15.3 Å². The number of fused-ring (bicyclic) bond motifs is 2. The van der Waals surface area contributed by atoms with E-state index in [9.17, 15) is 22.0 Å². The number of pyridine rings is 1. The number of carbonyl (C=O) groups is 1. The number of nitrogens with one attached hydrogen (secondary N) is 1. The highest BCUT2D eigenvalue weighted by atomic mass is 32.2. The van der Waals surface area contributed by atoms with Gasteiger partial charge in [0, 0.05) is 42.9 Å². The molecule has 0 bridgehead atoms. The molecule has 0 radical (unpaired) electrons. The molecule has 12 heteroatoms. The lowest BCUT2D eigenvalue weighted by Gasteiger charge is -2.21. The molecule has 0 saturated heterocycles. The number of amides is 1. The number of sulfonamides is 1. The number of anilines is 1. The summed E-state index contributed by atoms with van der Waals surface area (Å²) in [6.07, 6.45) is 2.64. The number of hydrogen-bond acceptors (Lipinski definition) is 7. The molecule has 0 aliphatic rings. The van der Waals surface area contributed by atoms with Crippen LogP contribution in [0.1, 0.15) is 15.9 Å². The van der Waals surface area contributed by atoms with Crippen LogP contribution in [0.2, 0.25) is 0 Å². The number of para-hydroxylation sites is 1. The van der Waals surface area contributed by atoms with Crippen molar-refractivity contribution in [2.75, 3.05) is 24.7 Å². The molecular formula is C31H24F2N4O5S. The molecule has 218 valence electrons. The van der Waals surface area contributed by atoms with Crippen LogP contribution in [-0.2, 0) is 10.0 Å². The molecule has 0 fully saturated rings. The van der Waals surface area contributed by atoms with Crippen molar-refractivity contribution in [3.05, 3.63) is 89.6 Å². The Hall–Kier alpha value is -5.10. The first-order chi connectivity index (χ1) is 20.5. The Morgan fingerprint density at radius 1 is 0.977 bits per heavy atom. The normalized spacial score (nSPS) is 11.8. The Morgan fingerprint density at radius 3 is 2.40 bits per heavy atom. The summed E-state index contributed by atoms with van der Waals surface area (Å²) < 4.78 is 66.6. The second-order valence-corrected chi connectivity index (χ2v) is 12.0. The maximum atomic E-state index is 14.3. The predicted molar refractivity (Wildman–Crippen MR) is 159 cm³/mol. The van der Waals surface area contributed by atoms with E-state index in [1.54, 1.807) is 37.4 Å². The van der Waals surface area contributed by atoms with E-state index < -0.39 is 27.6 Å². The Bertz CT molecular complexity index is 2170. The van der Waals surface area contributed by atoms with Gasteiger partial charge in [-0.2, -0.15) is 0 Å². The van der Waals surface area contributed by atoms with Gasteiger partial charge in [-0.05, 0) is 66.6 Å². The van der Waals surface area contributed by atoms with Crippen molar-refractivity contribution >= 4 is 43.7 Å². The lowest BCUT2D eigenvalue weighted by atomic mass is 9.96. The molecule has 0 aliphatic carbocycles. The number of carbonyl (C=O) groups excluding carboxylic acids is 1. The van der Waals surface area contributed by atoms with Crippen LogP contribution >= 0.6 is 0 Å². The minimum Gasteiger partial charge on any atom is -0.455 e. The number of benzene rings is 3. The van der Waals surface area contributed by atoms with Gasteiger partial charge in [-0.15, -0.1) is 0 Å². The van der Waals surface area contributed by atoms with Gasteiger partial charge in [0.05, 0.1) is 17.5 Å². The van der Waals surface area contributed by atoms with Crippen LogP contribution in [0.4, 0.5) is 14.5 Å². The number of oxazole rings is 1. The topological polar surface area (TPSA) is 119 Å². The highest BCUT2D eigenvalue weighted by Crippen LogP contribution is 2.42. The standard InChI is InChI=1S/C31H24F2N4O5S/c1-16-15-35-23(31-36-28-22(33)6-5-7-25(28)42-31)13-19(16)20-12-21-26(14-24(20)37(3)43(4,39)40)41-29(27(21)30(38)34-2)17-8-10-18(32)11-9-17/h5-15H,1-4H3,(H,34,38).